The lowest BCUT2D eigenvalue weighted by atomic mass is 9.83. The van der Waals surface area contributed by atoms with Crippen LogP contribution in [0.15, 0.2) is 109 Å². The van der Waals surface area contributed by atoms with Gasteiger partial charge in [-0.1, -0.05) is 123 Å². The molecule has 6 amide bonds. The molecule has 13 rings (SSSR count). The fourth-order valence-electron chi connectivity index (χ4n) is 16.8. The van der Waals surface area contributed by atoms with Gasteiger partial charge in [0.25, 0.3) is 0 Å². The van der Waals surface area contributed by atoms with Gasteiger partial charge in [-0.2, -0.15) is 0 Å². The van der Waals surface area contributed by atoms with Gasteiger partial charge in [-0.05, 0) is 213 Å². The largest absolute Gasteiger partial charge is 0.361 e. The van der Waals surface area contributed by atoms with E-state index >= 15 is 0 Å². The lowest BCUT2D eigenvalue weighted by molar-refractivity contribution is -0.142. The van der Waals surface area contributed by atoms with E-state index in [1.54, 1.807) is 11.3 Å². The molecule has 9 heterocycles. The van der Waals surface area contributed by atoms with Crippen LogP contribution in [0.5, 0.6) is 0 Å². The van der Waals surface area contributed by atoms with Crippen molar-refractivity contribution in [3.63, 3.8) is 0 Å². The summed E-state index contributed by atoms with van der Waals surface area (Å²) in [6, 6.07) is 38.8. The van der Waals surface area contributed by atoms with Crippen LogP contribution in [0.4, 0.5) is 9.59 Å². The van der Waals surface area contributed by atoms with Gasteiger partial charge in [-0.15, -0.1) is 11.3 Å². The Bertz CT molecular complexity index is 3650. The third kappa shape index (κ3) is 13.6. The molecular weight excluding hydrogens is 1140 g/mol. The van der Waals surface area contributed by atoms with Gasteiger partial charge in [0.1, 0.15) is 4.83 Å². The van der Waals surface area contributed by atoms with Crippen LogP contribution >= 0.6 is 11.3 Å². The molecule has 0 spiro atoms. The van der Waals surface area contributed by atoms with E-state index in [0.29, 0.717) is 55.0 Å². The maximum absolute atomic E-state index is 14.0. The number of amides is 6. The third-order valence-electron chi connectivity index (χ3n) is 21.9. The van der Waals surface area contributed by atoms with Crippen molar-refractivity contribution >= 4 is 45.4 Å². The first-order valence-electron chi connectivity index (χ1n) is 34.5. The summed E-state index contributed by atoms with van der Waals surface area (Å²) in [6.07, 6.45) is 17.0. The average molecular weight is 1250 g/mol. The van der Waals surface area contributed by atoms with Gasteiger partial charge in [0, 0.05) is 103 Å². The molecule has 2 atom stereocenters. The lowest BCUT2D eigenvalue weighted by Crippen LogP contribution is -2.45. The van der Waals surface area contributed by atoms with Crippen LogP contribution in [0, 0.1) is 33.1 Å². The number of carbonyl (C=O) groups is 4. The summed E-state index contributed by atoms with van der Waals surface area (Å²) in [7, 11) is 0. The smallest absolute Gasteiger partial charge is 0.317 e. The van der Waals surface area contributed by atoms with Crippen molar-refractivity contribution < 1.29 is 19.2 Å². The zero-order chi connectivity index (χ0) is 63.9. The molecule has 6 fully saturated rings. The second kappa shape index (κ2) is 26.8. The Morgan fingerprint density at radius 2 is 0.956 bits per heavy atom. The Morgan fingerprint density at radius 3 is 1.41 bits per heavy atom. The van der Waals surface area contributed by atoms with E-state index in [2.05, 4.69) is 209 Å². The van der Waals surface area contributed by atoms with Gasteiger partial charge in [-0.25, -0.2) is 9.59 Å². The molecule has 4 aromatic carbocycles. The summed E-state index contributed by atoms with van der Waals surface area (Å²) in [5.41, 5.74) is 15.0. The minimum absolute atomic E-state index is 0.0241. The maximum Gasteiger partial charge on any atom is 0.317 e. The van der Waals surface area contributed by atoms with Gasteiger partial charge < -0.3 is 40.2 Å². The second-order valence-corrected chi connectivity index (χ2v) is 30.6. The van der Waals surface area contributed by atoms with Crippen molar-refractivity contribution in [1.29, 1.82) is 0 Å². The average Bonchev–Trinajstić information content (AvgIpc) is 1.70. The van der Waals surface area contributed by atoms with E-state index in [1.165, 1.54) is 92.3 Å². The number of piperidine rings is 2. The molecule has 3 aromatic heterocycles. The van der Waals surface area contributed by atoms with Gasteiger partial charge in [0.15, 0.2) is 0 Å². The van der Waals surface area contributed by atoms with Crippen LogP contribution in [-0.4, -0.2) is 117 Å². The highest BCUT2D eigenvalue weighted by Gasteiger charge is 2.49. The van der Waals surface area contributed by atoms with Crippen molar-refractivity contribution in [2.75, 3.05) is 39.3 Å². The van der Waals surface area contributed by atoms with E-state index in [0.717, 1.165) is 111 Å². The normalized spacial score (nSPS) is 20.9. The monoisotopic (exact) mass is 1240 g/mol. The molecule has 0 aliphatic carbocycles. The SMILES string of the molecule is Cc1cc(C)cc(-c2[nH]c3sc(C(C)(C)C(=O)N4C5CCC4CC5)cc3c2[C@H](C)CNC(=O)N2CCC(c3ccccc3)CC2)c1.Cc1cc(C)cc(-c2[nH]cc(CCC(C)(C)C(=O)N3C4CCC3CC4)c2[C@H](C)CNC(=O)N2CCC(c3ccccc3)CC2)c1. The van der Waals surface area contributed by atoms with Crippen LogP contribution in [0.25, 0.3) is 32.7 Å². The summed E-state index contributed by atoms with van der Waals surface area (Å²) < 4.78 is 0. The minimum Gasteiger partial charge on any atom is -0.361 e. The molecule has 0 saturated carbocycles. The van der Waals surface area contributed by atoms with E-state index in [9.17, 15) is 19.2 Å². The van der Waals surface area contributed by atoms with E-state index < -0.39 is 10.8 Å². The Kier molecular flexibility index (Phi) is 18.9. The molecule has 4 N–H and O–H groups in total. The molecule has 13 heteroatoms. The second-order valence-electron chi connectivity index (χ2n) is 29.5. The number of aryl methyl sites for hydroxylation is 5. The maximum atomic E-state index is 14.0. The summed E-state index contributed by atoms with van der Waals surface area (Å²) in [5.74, 6) is 1.83. The first-order chi connectivity index (χ1) is 43.7. The molecule has 0 unspecified atom stereocenters. The number of aromatic amines is 2. The topological polar surface area (TPSA) is 137 Å². The van der Waals surface area contributed by atoms with Crippen LogP contribution in [0.3, 0.4) is 0 Å². The standard InChI is InChI=1S/C39H48N4O2S.C39H52N4O2/c1-24-19-25(2)21-29(20-24)35-34(26(3)23-40-38(45)42-17-15-28(16-18-42)27-9-7-6-8-10-27)32-22-33(46-36(32)41-35)39(4,5)37(44)43-30-11-12-31(43)14-13-30;1-26-21-27(2)23-32(22-26)36-35(28(3)24-41-38(45)42-19-16-30(17-20-42)29-9-7-6-8-10-29)31(25-40-36)15-18-39(4,5)37(44)43-33-11-12-34(43)14-13-33/h6-10,19-22,26,28,30-31,41H,11-18,23H2,1-5H3,(H,40,45);6-10,21-23,25,28,30,33-34,40H,11-20,24H2,1-5H3,(H,41,45)/t26-,30?,31?;28-,33?,34?/m11/s1. The Balaban J connectivity index is 0.000000176. The molecule has 6 aliphatic rings. The van der Waals surface area contributed by atoms with Crippen LogP contribution in [-0.2, 0) is 21.4 Å². The molecule has 91 heavy (non-hydrogen) atoms. The number of rotatable bonds is 16. The number of nitrogens with zero attached hydrogens (tertiary/aromatic N) is 4. The highest BCUT2D eigenvalue weighted by Crippen LogP contribution is 2.47. The van der Waals surface area contributed by atoms with Gasteiger partial charge >= 0.3 is 12.1 Å². The lowest BCUT2D eigenvalue weighted by Gasteiger charge is -2.33. The molecular formula is C78H100N8O4S. The number of nitrogens with one attached hydrogen (secondary N) is 4. The summed E-state index contributed by atoms with van der Waals surface area (Å²) in [5, 5.41) is 7.74. The first-order valence-corrected chi connectivity index (χ1v) is 35.4. The van der Waals surface area contributed by atoms with Crippen molar-refractivity contribution in [2.45, 2.75) is 212 Å². The number of H-pyrrole nitrogens is 2. The highest BCUT2D eigenvalue weighted by molar-refractivity contribution is 7.19. The Morgan fingerprint density at radius 1 is 0.538 bits per heavy atom. The van der Waals surface area contributed by atoms with Crippen LogP contribution in [0.1, 0.15) is 204 Å². The van der Waals surface area contributed by atoms with Crippen LogP contribution < -0.4 is 10.6 Å². The van der Waals surface area contributed by atoms with Crippen molar-refractivity contribution in [3.05, 3.63) is 164 Å². The highest BCUT2D eigenvalue weighted by atomic mass is 32.1. The number of likely N-dealkylation sites (tertiary alicyclic amines) is 2. The number of hydrogen-bond acceptors (Lipinski definition) is 5. The number of fused-ring (bicyclic) bond motifs is 5. The van der Waals surface area contributed by atoms with E-state index in [4.69, 9.17) is 0 Å². The first kappa shape index (κ1) is 64.0. The number of benzene rings is 4. The Labute approximate surface area is 545 Å². The number of carbonyl (C=O) groups excluding carboxylic acids is 4. The van der Waals surface area contributed by atoms with Crippen molar-refractivity contribution in [2.24, 2.45) is 5.41 Å². The fraction of sp³-hybridized carbons (Fsp3) is 0.513. The van der Waals surface area contributed by atoms with Crippen LogP contribution in [0.2, 0.25) is 0 Å². The number of thiophene rings is 1. The van der Waals surface area contributed by atoms with Crippen molar-refractivity contribution in [3.8, 4) is 22.5 Å². The fourth-order valence-corrected chi connectivity index (χ4v) is 18.0. The van der Waals surface area contributed by atoms with Gasteiger partial charge in [0.2, 0.25) is 11.8 Å². The molecule has 4 bridgehead atoms. The quantitative estimate of drug-likeness (QED) is 0.0766. The summed E-state index contributed by atoms with van der Waals surface area (Å²) >= 11 is 1.72. The molecule has 7 aromatic rings. The predicted molar refractivity (Wildman–Crippen MR) is 371 cm³/mol. The zero-order valence-corrected chi connectivity index (χ0v) is 56.8. The van der Waals surface area contributed by atoms with E-state index in [1.807, 2.05) is 9.80 Å². The van der Waals surface area contributed by atoms with E-state index in [-0.39, 0.29) is 29.8 Å². The molecule has 6 saturated heterocycles. The minimum atomic E-state index is -0.587. The number of aromatic nitrogens is 2. The predicted octanol–water partition coefficient (Wildman–Crippen LogP) is 16.7. The van der Waals surface area contributed by atoms with Gasteiger partial charge in [0.05, 0.1) is 11.1 Å². The summed E-state index contributed by atoms with van der Waals surface area (Å²) in [6.45, 7) is 25.7. The molecule has 6 aliphatic heterocycles. The molecule has 482 valence electrons. The molecule has 0 radical (unpaired) electrons. The number of urea groups is 2. The zero-order valence-electron chi connectivity index (χ0n) is 56.0. The molecule has 12 nitrogen and oxygen atoms in total. The Hall–Kier alpha value is -7.12. The third-order valence-corrected chi connectivity index (χ3v) is 23.3. The van der Waals surface area contributed by atoms with Crippen molar-refractivity contribution in [1.82, 2.24) is 40.2 Å². The number of hydrogen-bond donors (Lipinski definition) is 4. The van der Waals surface area contributed by atoms with Gasteiger partial charge in [-0.3, -0.25) is 9.59 Å². The summed E-state index contributed by atoms with van der Waals surface area (Å²) in [4.78, 5) is 72.5.